The molecule has 0 bridgehead atoms. The molecular formula is C10H11ClN2O3. The monoisotopic (exact) mass is 242 g/mol. The van der Waals surface area contributed by atoms with Gasteiger partial charge in [-0.15, -0.1) is 0 Å². The van der Waals surface area contributed by atoms with E-state index in [4.69, 9.17) is 11.6 Å². The summed E-state index contributed by atoms with van der Waals surface area (Å²) in [6, 6.07) is 3.78. The highest BCUT2D eigenvalue weighted by Crippen LogP contribution is 2.21. The molecule has 0 aliphatic carbocycles. The Morgan fingerprint density at radius 2 is 2.25 bits per heavy atom. The zero-order valence-corrected chi connectivity index (χ0v) is 9.45. The summed E-state index contributed by atoms with van der Waals surface area (Å²) in [4.78, 5) is 21.6. The second-order valence-electron chi connectivity index (χ2n) is 3.18. The Balaban J connectivity index is 2.97. The molecule has 0 aliphatic rings. The van der Waals surface area contributed by atoms with Crippen molar-refractivity contribution in [3.05, 3.63) is 38.9 Å². The number of amides is 1. The van der Waals surface area contributed by atoms with Crippen molar-refractivity contribution < 1.29 is 9.72 Å². The van der Waals surface area contributed by atoms with Crippen molar-refractivity contribution in [1.29, 1.82) is 0 Å². The molecule has 0 aromatic heterocycles. The molecule has 0 spiro atoms. The molecule has 0 fully saturated rings. The topological polar surface area (TPSA) is 72.2 Å². The van der Waals surface area contributed by atoms with Gasteiger partial charge in [0.2, 0.25) is 0 Å². The van der Waals surface area contributed by atoms with Gasteiger partial charge >= 0.3 is 0 Å². The SMILES string of the molecule is CCCNC(=O)c1cc([N+](=O)[O-])ccc1Cl. The molecular weight excluding hydrogens is 232 g/mol. The number of carbonyl (C=O) groups excluding carboxylic acids is 1. The van der Waals surface area contributed by atoms with Crippen LogP contribution in [0.2, 0.25) is 5.02 Å². The molecule has 5 nitrogen and oxygen atoms in total. The quantitative estimate of drug-likeness (QED) is 0.651. The van der Waals surface area contributed by atoms with E-state index in [1.165, 1.54) is 18.2 Å². The molecule has 1 rings (SSSR count). The Hall–Kier alpha value is -1.62. The van der Waals surface area contributed by atoms with Crippen LogP contribution in [-0.4, -0.2) is 17.4 Å². The third kappa shape index (κ3) is 2.93. The largest absolute Gasteiger partial charge is 0.352 e. The Morgan fingerprint density at radius 1 is 1.56 bits per heavy atom. The lowest BCUT2D eigenvalue weighted by atomic mass is 10.2. The molecule has 16 heavy (non-hydrogen) atoms. The van der Waals surface area contributed by atoms with Crippen LogP contribution in [0.3, 0.4) is 0 Å². The lowest BCUT2D eigenvalue weighted by Gasteiger charge is -2.04. The van der Waals surface area contributed by atoms with Crippen LogP contribution in [0.15, 0.2) is 18.2 Å². The van der Waals surface area contributed by atoms with Crippen LogP contribution in [0.1, 0.15) is 23.7 Å². The molecule has 0 unspecified atom stereocenters. The van der Waals surface area contributed by atoms with Gasteiger partial charge in [0.15, 0.2) is 0 Å². The van der Waals surface area contributed by atoms with Crippen molar-refractivity contribution in [3.8, 4) is 0 Å². The van der Waals surface area contributed by atoms with E-state index >= 15 is 0 Å². The minimum Gasteiger partial charge on any atom is -0.352 e. The summed E-state index contributed by atoms with van der Waals surface area (Å²) in [5, 5.41) is 13.3. The number of nitrogens with zero attached hydrogens (tertiary/aromatic N) is 1. The molecule has 1 amide bonds. The second-order valence-corrected chi connectivity index (χ2v) is 3.58. The van der Waals surface area contributed by atoms with Gasteiger partial charge < -0.3 is 5.32 Å². The molecule has 0 saturated carbocycles. The maximum atomic E-state index is 11.6. The number of halogens is 1. The fourth-order valence-corrected chi connectivity index (χ4v) is 1.34. The Kier molecular flexibility index (Phi) is 4.25. The van der Waals surface area contributed by atoms with Crippen LogP contribution in [0.5, 0.6) is 0 Å². The Bertz CT molecular complexity index is 421. The maximum absolute atomic E-state index is 11.6. The van der Waals surface area contributed by atoms with E-state index in [1.54, 1.807) is 0 Å². The van der Waals surface area contributed by atoms with E-state index in [0.717, 1.165) is 6.42 Å². The molecule has 0 aliphatic heterocycles. The number of rotatable bonds is 4. The summed E-state index contributed by atoms with van der Waals surface area (Å²) in [5.74, 6) is -0.393. The van der Waals surface area contributed by atoms with E-state index in [0.29, 0.717) is 6.54 Å². The summed E-state index contributed by atoms with van der Waals surface area (Å²) in [5.41, 5.74) is -0.0182. The average molecular weight is 243 g/mol. The van der Waals surface area contributed by atoms with Crippen molar-refractivity contribution >= 4 is 23.2 Å². The van der Waals surface area contributed by atoms with Crippen molar-refractivity contribution in [2.45, 2.75) is 13.3 Å². The lowest BCUT2D eigenvalue weighted by Crippen LogP contribution is -2.24. The third-order valence-electron chi connectivity index (χ3n) is 1.94. The summed E-state index contributed by atoms with van der Waals surface area (Å²) in [6.07, 6.45) is 0.790. The number of benzene rings is 1. The molecule has 1 aromatic carbocycles. The van der Waals surface area contributed by atoms with Gasteiger partial charge in [-0.1, -0.05) is 18.5 Å². The van der Waals surface area contributed by atoms with Crippen molar-refractivity contribution in [2.75, 3.05) is 6.54 Å². The first-order valence-electron chi connectivity index (χ1n) is 4.78. The fraction of sp³-hybridized carbons (Fsp3) is 0.300. The average Bonchev–Trinajstić information content (AvgIpc) is 2.26. The number of non-ortho nitro benzene ring substituents is 1. The second kappa shape index (κ2) is 5.46. The van der Waals surface area contributed by atoms with Crippen LogP contribution < -0.4 is 5.32 Å². The van der Waals surface area contributed by atoms with Gasteiger partial charge in [-0.2, -0.15) is 0 Å². The van der Waals surface area contributed by atoms with Gasteiger partial charge in [-0.05, 0) is 12.5 Å². The van der Waals surface area contributed by atoms with E-state index in [9.17, 15) is 14.9 Å². The molecule has 1 N–H and O–H groups in total. The summed E-state index contributed by atoms with van der Waals surface area (Å²) in [7, 11) is 0. The van der Waals surface area contributed by atoms with Gasteiger partial charge in [0.1, 0.15) is 0 Å². The van der Waals surface area contributed by atoms with Crippen molar-refractivity contribution in [1.82, 2.24) is 5.32 Å². The Morgan fingerprint density at radius 3 is 2.81 bits per heavy atom. The smallest absolute Gasteiger partial charge is 0.270 e. The first-order chi connectivity index (χ1) is 7.56. The number of nitrogens with one attached hydrogen (secondary N) is 1. The molecule has 0 saturated heterocycles. The number of nitro benzene ring substituents is 1. The predicted octanol–water partition coefficient (Wildman–Crippen LogP) is 2.39. The van der Waals surface area contributed by atoms with Gasteiger partial charge in [-0.3, -0.25) is 14.9 Å². The predicted molar refractivity (Wildman–Crippen MR) is 60.7 cm³/mol. The van der Waals surface area contributed by atoms with Crippen LogP contribution in [-0.2, 0) is 0 Å². The Labute approximate surface area is 97.6 Å². The molecule has 86 valence electrons. The normalized spacial score (nSPS) is 9.88. The molecule has 1 aromatic rings. The first kappa shape index (κ1) is 12.4. The summed E-state index contributed by atoms with van der Waals surface area (Å²) >= 11 is 5.79. The van der Waals surface area contributed by atoms with E-state index in [1.807, 2.05) is 6.92 Å². The van der Waals surface area contributed by atoms with E-state index in [2.05, 4.69) is 5.32 Å². The van der Waals surface area contributed by atoms with Crippen LogP contribution in [0.4, 0.5) is 5.69 Å². The zero-order valence-electron chi connectivity index (χ0n) is 8.70. The minimum atomic E-state index is -0.563. The molecule has 0 radical (unpaired) electrons. The molecule has 0 atom stereocenters. The van der Waals surface area contributed by atoms with Gasteiger partial charge in [0.05, 0.1) is 15.5 Å². The number of hydrogen-bond donors (Lipinski definition) is 1. The van der Waals surface area contributed by atoms with Crippen LogP contribution >= 0.6 is 11.6 Å². The number of hydrogen-bond acceptors (Lipinski definition) is 3. The highest BCUT2D eigenvalue weighted by atomic mass is 35.5. The van der Waals surface area contributed by atoms with Crippen LogP contribution in [0, 0.1) is 10.1 Å². The maximum Gasteiger partial charge on any atom is 0.270 e. The number of carbonyl (C=O) groups is 1. The fourth-order valence-electron chi connectivity index (χ4n) is 1.13. The van der Waals surface area contributed by atoms with E-state index in [-0.39, 0.29) is 16.3 Å². The van der Waals surface area contributed by atoms with Gasteiger partial charge in [0.25, 0.3) is 11.6 Å². The zero-order chi connectivity index (χ0) is 12.1. The number of nitro groups is 1. The summed E-state index contributed by atoms with van der Waals surface area (Å²) in [6.45, 7) is 2.42. The lowest BCUT2D eigenvalue weighted by molar-refractivity contribution is -0.384. The third-order valence-corrected chi connectivity index (χ3v) is 2.27. The minimum absolute atomic E-state index is 0.129. The highest BCUT2D eigenvalue weighted by Gasteiger charge is 2.14. The van der Waals surface area contributed by atoms with Crippen molar-refractivity contribution in [3.63, 3.8) is 0 Å². The van der Waals surface area contributed by atoms with Gasteiger partial charge in [0, 0.05) is 18.7 Å². The highest BCUT2D eigenvalue weighted by molar-refractivity contribution is 6.33. The van der Waals surface area contributed by atoms with Crippen LogP contribution in [0.25, 0.3) is 0 Å². The van der Waals surface area contributed by atoms with E-state index < -0.39 is 10.8 Å². The molecule has 0 heterocycles. The summed E-state index contributed by atoms with van der Waals surface area (Å²) < 4.78 is 0. The standard InChI is InChI=1S/C10H11ClN2O3/c1-2-5-12-10(14)8-6-7(13(15)16)3-4-9(8)11/h3-4,6H,2,5H2,1H3,(H,12,14). The van der Waals surface area contributed by atoms with Gasteiger partial charge in [-0.25, -0.2) is 0 Å². The molecule has 6 heteroatoms. The van der Waals surface area contributed by atoms with Crippen molar-refractivity contribution in [2.24, 2.45) is 0 Å². The first-order valence-corrected chi connectivity index (χ1v) is 5.16.